The number of aliphatic hydroxyl groups excluding tert-OH is 1. The first-order valence-corrected chi connectivity index (χ1v) is 7.99. The second-order valence-corrected chi connectivity index (χ2v) is 6.92. The summed E-state index contributed by atoms with van der Waals surface area (Å²) in [5, 5.41) is 9.83. The Morgan fingerprint density at radius 3 is 2.40 bits per heavy atom. The summed E-state index contributed by atoms with van der Waals surface area (Å²) in [6, 6.07) is 0. The molecule has 1 aliphatic heterocycles. The molecular formula is C16H32N2O2. The van der Waals surface area contributed by atoms with Crippen LogP contribution in [-0.2, 0) is 4.79 Å². The first-order valence-electron chi connectivity index (χ1n) is 7.99. The van der Waals surface area contributed by atoms with Gasteiger partial charge in [-0.25, -0.2) is 0 Å². The van der Waals surface area contributed by atoms with Gasteiger partial charge in [0.1, 0.15) is 0 Å². The Hall–Kier alpha value is -0.610. The zero-order chi connectivity index (χ0) is 15.1. The van der Waals surface area contributed by atoms with Gasteiger partial charge in [0.2, 0.25) is 5.91 Å². The Bertz CT molecular complexity index is 284. The highest BCUT2D eigenvalue weighted by molar-refractivity contribution is 5.76. The van der Waals surface area contributed by atoms with Crippen molar-refractivity contribution in [3.05, 3.63) is 0 Å². The van der Waals surface area contributed by atoms with Crippen LogP contribution in [0, 0.1) is 11.8 Å². The lowest BCUT2D eigenvalue weighted by atomic mass is 9.89. The number of amides is 1. The highest BCUT2D eigenvalue weighted by Crippen LogP contribution is 2.24. The summed E-state index contributed by atoms with van der Waals surface area (Å²) in [4.78, 5) is 16.0. The van der Waals surface area contributed by atoms with E-state index in [-0.39, 0.29) is 12.3 Å². The number of carbonyl (C=O) groups is 1. The number of hydrogen-bond donors (Lipinski definition) is 1. The summed E-state index contributed by atoms with van der Waals surface area (Å²) >= 11 is 0. The van der Waals surface area contributed by atoms with Crippen molar-refractivity contribution in [3.63, 3.8) is 0 Å². The maximum absolute atomic E-state index is 12.1. The van der Waals surface area contributed by atoms with Crippen molar-refractivity contribution in [3.8, 4) is 0 Å². The van der Waals surface area contributed by atoms with Gasteiger partial charge in [0, 0.05) is 19.6 Å². The second-order valence-electron chi connectivity index (χ2n) is 6.92. The number of aliphatic hydroxyl groups is 1. The van der Waals surface area contributed by atoms with Gasteiger partial charge in [-0.05, 0) is 38.8 Å². The summed E-state index contributed by atoms with van der Waals surface area (Å²) in [7, 11) is 3.82. The minimum absolute atomic E-state index is 0.113. The molecule has 0 aromatic rings. The van der Waals surface area contributed by atoms with E-state index in [1.54, 1.807) is 0 Å². The van der Waals surface area contributed by atoms with Gasteiger partial charge in [-0.1, -0.05) is 26.7 Å². The fraction of sp³-hybridized carbons (Fsp3) is 0.938. The molecule has 0 saturated carbocycles. The molecule has 1 rings (SSSR count). The van der Waals surface area contributed by atoms with Gasteiger partial charge >= 0.3 is 0 Å². The van der Waals surface area contributed by atoms with Gasteiger partial charge in [0.15, 0.2) is 0 Å². The van der Waals surface area contributed by atoms with E-state index in [9.17, 15) is 9.90 Å². The third-order valence-corrected chi connectivity index (χ3v) is 4.11. The van der Waals surface area contributed by atoms with Crippen LogP contribution in [0.25, 0.3) is 0 Å². The molecule has 4 nitrogen and oxygen atoms in total. The quantitative estimate of drug-likeness (QED) is 0.777. The predicted molar refractivity (Wildman–Crippen MR) is 82.6 cm³/mol. The number of rotatable bonds is 7. The second kappa shape index (κ2) is 8.63. The zero-order valence-corrected chi connectivity index (χ0v) is 13.6. The normalized spacial score (nSPS) is 18.9. The fourth-order valence-corrected chi connectivity index (χ4v) is 2.86. The standard InChI is InChI=1S/C16H32N2O2/c1-13(2)5-6-14-7-9-18(10-8-14)16(20)11-15(19)12-17(3)4/h13-15,19H,5-12H2,1-4H3. The minimum atomic E-state index is -0.545. The average Bonchev–Trinajstić information content (AvgIpc) is 2.35. The highest BCUT2D eigenvalue weighted by Gasteiger charge is 2.24. The maximum atomic E-state index is 12.1. The van der Waals surface area contributed by atoms with Crippen molar-refractivity contribution in [2.45, 2.75) is 52.1 Å². The molecule has 0 aliphatic carbocycles. The largest absolute Gasteiger partial charge is 0.391 e. The van der Waals surface area contributed by atoms with Crippen molar-refractivity contribution in [1.82, 2.24) is 9.80 Å². The molecule has 1 unspecified atom stereocenters. The molecule has 1 N–H and O–H groups in total. The Morgan fingerprint density at radius 2 is 1.90 bits per heavy atom. The number of likely N-dealkylation sites (tertiary alicyclic amines) is 1. The smallest absolute Gasteiger partial charge is 0.225 e. The third kappa shape index (κ3) is 6.71. The molecule has 0 bridgehead atoms. The van der Waals surface area contributed by atoms with Crippen LogP contribution >= 0.6 is 0 Å². The summed E-state index contributed by atoms with van der Waals surface area (Å²) in [6.45, 7) is 6.83. The van der Waals surface area contributed by atoms with Gasteiger partial charge < -0.3 is 14.9 Å². The molecule has 0 spiro atoms. The van der Waals surface area contributed by atoms with Crippen LogP contribution in [0.4, 0.5) is 0 Å². The molecule has 1 saturated heterocycles. The number of carbonyl (C=O) groups excluding carboxylic acids is 1. The topological polar surface area (TPSA) is 43.8 Å². The molecule has 1 fully saturated rings. The van der Waals surface area contributed by atoms with Gasteiger partial charge in [-0.2, -0.15) is 0 Å². The summed E-state index contributed by atoms with van der Waals surface area (Å²) in [6.07, 6.45) is 4.55. The van der Waals surface area contributed by atoms with Crippen LogP contribution in [0.2, 0.25) is 0 Å². The van der Waals surface area contributed by atoms with Crippen LogP contribution in [0.1, 0.15) is 46.0 Å². The van der Waals surface area contributed by atoms with Crippen LogP contribution in [-0.4, -0.2) is 60.6 Å². The van der Waals surface area contributed by atoms with Crippen LogP contribution in [0.3, 0.4) is 0 Å². The van der Waals surface area contributed by atoms with E-state index in [0.29, 0.717) is 6.54 Å². The maximum Gasteiger partial charge on any atom is 0.225 e. The molecular weight excluding hydrogens is 252 g/mol. The molecule has 1 heterocycles. The van der Waals surface area contributed by atoms with Crippen LogP contribution in [0.5, 0.6) is 0 Å². The van der Waals surface area contributed by atoms with E-state index in [1.807, 2.05) is 23.9 Å². The predicted octanol–water partition coefficient (Wildman–Crippen LogP) is 1.97. The van der Waals surface area contributed by atoms with Gasteiger partial charge in [0.25, 0.3) is 0 Å². The lowest BCUT2D eigenvalue weighted by molar-refractivity contribution is -0.134. The van der Waals surface area contributed by atoms with Crippen molar-refractivity contribution in [1.29, 1.82) is 0 Å². The lowest BCUT2D eigenvalue weighted by Crippen LogP contribution is -2.41. The van der Waals surface area contributed by atoms with Crippen molar-refractivity contribution < 1.29 is 9.90 Å². The van der Waals surface area contributed by atoms with Gasteiger partial charge in [-0.3, -0.25) is 4.79 Å². The third-order valence-electron chi connectivity index (χ3n) is 4.11. The molecule has 20 heavy (non-hydrogen) atoms. The number of likely N-dealkylation sites (N-methyl/N-ethyl adjacent to an activating group) is 1. The lowest BCUT2D eigenvalue weighted by Gasteiger charge is -2.33. The molecule has 1 atom stereocenters. The Balaban J connectivity index is 2.25. The Kier molecular flexibility index (Phi) is 7.52. The van der Waals surface area contributed by atoms with Crippen molar-refractivity contribution >= 4 is 5.91 Å². The Labute approximate surface area is 124 Å². The molecule has 0 aromatic heterocycles. The highest BCUT2D eigenvalue weighted by atomic mass is 16.3. The number of hydrogen-bond acceptors (Lipinski definition) is 3. The van der Waals surface area contributed by atoms with E-state index in [2.05, 4.69) is 13.8 Å². The average molecular weight is 284 g/mol. The molecule has 1 aliphatic rings. The van der Waals surface area contributed by atoms with E-state index in [1.165, 1.54) is 12.8 Å². The van der Waals surface area contributed by atoms with Gasteiger partial charge in [0.05, 0.1) is 12.5 Å². The van der Waals surface area contributed by atoms with Crippen molar-refractivity contribution in [2.75, 3.05) is 33.7 Å². The molecule has 4 heteroatoms. The minimum Gasteiger partial charge on any atom is -0.391 e. The summed E-state index contributed by atoms with van der Waals surface area (Å²) < 4.78 is 0. The molecule has 0 radical (unpaired) electrons. The summed E-state index contributed by atoms with van der Waals surface area (Å²) in [5.74, 6) is 1.67. The first kappa shape index (κ1) is 17.4. The SMILES string of the molecule is CC(C)CCC1CCN(C(=O)CC(O)CN(C)C)CC1. The van der Waals surface area contributed by atoms with E-state index >= 15 is 0 Å². The number of nitrogens with zero attached hydrogens (tertiary/aromatic N) is 2. The fourth-order valence-electron chi connectivity index (χ4n) is 2.86. The van der Waals surface area contributed by atoms with E-state index < -0.39 is 6.10 Å². The van der Waals surface area contributed by atoms with E-state index in [0.717, 1.165) is 37.8 Å². The van der Waals surface area contributed by atoms with Gasteiger partial charge in [-0.15, -0.1) is 0 Å². The Morgan fingerprint density at radius 1 is 1.30 bits per heavy atom. The molecule has 1 amide bonds. The van der Waals surface area contributed by atoms with E-state index in [4.69, 9.17) is 0 Å². The molecule has 118 valence electrons. The summed E-state index contributed by atoms with van der Waals surface area (Å²) in [5.41, 5.74) is 0. The van der Waals surface area contributed by atoms with Crippen LogP contribution in [0.15, 0.2) is 0 Å². The molecule has 0 aromatic carbocycles. The van der Waals surface area contributed by atoms with Crippen molar-refractivity contribution in [2.24, 2.45) is 11.8 Å². The van der Waals surface area contributed by atoms with Crippen LogP contribution < -0.4 is 0 Å². The monoisotopic (exact) mass is 284 g/mol. The first-order chi connectivity index (χ1) is 9.38. The zero-order valence-electron chi connectivity index (χ0n) is 13.6. The number of piperidine rings is 1.